The number of hydrogen-bond donors (Lipinski definition) is 1. The van der Waals surface area contributed by atoms with Crippen LogP contribution in [0.4, 0.5) is 0 Å². The molecule has 0 radical (unpaired) electrons. The zero-order valence-corrected chi connectivity index (χ0v) is 15.3. The molecule has 2 rings (SSSR count). The lowest BCUT2D eigenvalue weighted by molar-refractivity contribution is -0.183. The Morgan fingerprint density at radius 2 is 2.05 bits per heavy atom. The highest BCUT2D eigenvalue weighted by Crippen LogP contribution is 2.47. The van der Waals surface area contributed by atoms with E-state index in [2.05, 4.69) is 39.0 Å². The minimum atomic E-state index is -2.02. The summed E-state index contributed by atoms with van der Waals surface area (Å²) in [5, 5.41) is 15.7. The number of aryl methyl sites for hydroxylation is 1. The minimum Gasteiger partial charge on any atom is -0.390 e. The second-order valence-corrected chi connectivity index (χ2v) is 12.6. The van der Waals surface area contributed by atoms with E-state index >= 15 is 0 Å². The van der Waals surface area contributed by atoms with Crippen LogP contribution in [0.15, 0.2) is 12.3 Å². The van der Waals surface area contributed by atoms with Crippen molar-refractivity contribution >= 4 is 8.32 Å². The summed E-state index contributed by atoms with van der Waals surface area (Å²) in [5.41, 5.74) is 1.08. The second-order valence-electron chi connectivity index (χ2n) is 7.89. The van der Waals surface area contributed by atoms with Gasteiger partial charge in [-0.2, -0.15) is 5.10 Å². The SMILES string of the molecule is Cn1nccc1C1CCCCC1(O)O[Si](C)(C)C(C)(C)C. The van der Waals surface area contributed by atoms with Crippen molar-refractivity contribution in [3.05, 3.63) is 18.0 Å². The van der Waals surface area contributed by atoms with E-state index in [1.807, 2.05) is 17.8 Å². The van der Waals surface area contributed by atoms with Crippen molar-refractivity contribution in [2.75, 3.05) is 0 Å². The van der Waals surface area contributed by atoms with E-state index < -0.39 is 14.1 Å². The van der Waals surface area contributed by atoms with Crippen LogP contribution < -0.4 is 0 Å². The maximum atomic E-state index is 11.3. The smallest absolute Gasteiger partial charge is 0.195 e. The van der Waals surface area contributed by atoms with Gasteiger partial charge in [-0.3, -0.25) is 4.68 Å². The third-order valence-corrected chi connectivity index (χ3v) is 9.75. The fourth-order valence-electron chi connectivity index (χ4n) is 2.95. The molecule has 1 N–H and O–H groups in total. The van der Waals surface area contributed by atoms with E-state index in [9.17, 15) is 5.11 Å². The number of aromatic nitrogens is 2. The number of hydrogen-bond acceptors (Lipinski definition) is 3. The first kappa shape index (κ1) is 16.7. The van der Waals surface area contributed by atoms with E-state index in [0.29, 0.717) is 0 Å². The summed E-state index contributed by atoms with van der Waals surface area (Å²) in [4.78, 5) is 0. The van der Waals surface area contributed by atoms with Gasteiger partial charge in [0.2, 0.25) is 0 Å². The predicted octanol–water partition coefficient (Wildman–Crippen LogP) is 3.79. The van der Waals surface area contributed by atoms with Crippen molar-refractivity contribution in [2.24, 2.45) is 7.05 Å². The van der Waals surface area contributed by atoms with E-state index in [-0.39, 0.29) is 11.0 Å². The van der Waals surface area contributed by atoms with Gasteiger partial charge in [-0.15, -0.1) is 0 Å². The van der Waals surface area contributed by atoms with Crippen LogP contribution in [0.25, 0.3) is 0 Å². The van der Waals surface area contributed by atoms with Gasteiger partial charge in [-0.05, 0) is 37.0 Å². The molecule has 1 aromatic rings. The Labute approximate surface area is 129 Å². The van der Waals surface area contributed by atoms with Gasteiger partial charge in [0.15, 0.2) is 14.1 Å². The molecular formula is C16H30N2O2Si. The van der Waals surface area contributed by atoms with Crippen molar-refractivity contribution in [3.63, 3.8) is 0 Å². The molecule has 5 heteroatoms. The molecule has 2 atom stereocenters. The zero-order valence-electron chi connectivity index (χ0n) is 14.3. The molecule has 1 aliphatic rings. The summed E-state index contributed by atoms with van der Waals surface area (Å²) in [6.07, 6.45) is 5.65. The summed E-state index contributed by atoms with van der Waals surface area (Å²) < 4.78 is 8.35. The summed E-state index contributed by atoms with van der Waals surface area (Å²) in [6, 6.07) is 2.01. The Morgan fingerprint density at radius 1 is 1.38 bits per heavy atom. The van der Waals surface area contributed by atoms with Gasteiger partial charge in [-0.25, -0.2) is 0 Å². The third kappa shape index (κ3) is 3.25. The van der Waals surface area contributed by atoms with Gasteiger partial charge in [-0.1, -0.05) is 27.2 Å². The summed E-state index contributed by atoms with van der Waals surface area (Å²) >= 11 is 0. The highest BCUT2D eigenvalue weighted by Gasteiger charge is 2.49. The molecule has 0 spiro atoms. The molecule has 0 bridgehead atoms. The average Bonchev–Trinajstić information content (AvgIpc) is 2.73. The molecule has 1 aliphatic carbocycles. The van der Waals surface area contributed by atoms with Crippen LogP contribution in [0.2, 0.25) is 18.1 Å². The molecule has 21 heavy (non-hydrogen) atoms. The number of rotatable bonds is 3. The molecule has 1 fully saturated rings. The Bertz CT molecular complexity index is 493. The monoisotopic (exact) mass is 310 g/mol. The second kappa shape index (κ2) is 5.52. The van der Waals surface area contributed by atoms with Crippen LogP contribution in [0, 0.1) is 0 Å². The quantitative estimate of drug-likeness (QED) is 0.682. The fourth-order valence-corrected chi connectivity index (χ4v) is 4.38. The molecule has 1 saturated carbocycles. The van der Waals surface area contributed by atoms with Crippen molar-refractivity contribution in [2.45, 2.75) is 76.3 Å². The average molecular weight is 311 g/mol. The third-order valence-electron chi connectivity index (χ3n) is 5.28. The van der Waals surface area contributed by atoms with E-state index in [0.717, 1.165) is 31.4 Å². The van der Waals surface area contributed by atoms with Gasteiger partial charge in [0, 0.05) is 25.4 Å². The van der Waals surface area contributed by atoms with Gasteiger partial charge in [0.05, 0.1) is 5.92 Å². The van der Waals surface area contributed by atoms with E-state index in [1.54, 1.807) is 6.20 Å². The van der Waals surface area contributed by atoms with Crippen LogP contribution in [0.1, 0.15) is 58.1 Å². The Kier molecular flexibility index (Phi) is 4.39. The summed E-state index contributed by atoms with van der Waals surface area (Å²) in [6.45, 7) is 11.1. The largest absolute Gasteiger partial charge is 0.390 e. The van der Waals surface area contributed by atoms with E-state index in [1.165, 1.54) is 0 Å². The normalized spacial score (nSPS) is 27.9. The van der Waals surface area contributed by atoms with Gasteiger partial charge < -0.3 is 9.53 Å². The fraction of sp³-hybridized carbons (Fsp3) is 0.812. The van der Waals surface area contributed by atoms with Crippen LogP contribution in [0.3, 0.4) is 0 Å². The Morgan fingerprint density at radius 3 is 2.57 bits per heavy atom. The maximum absolute atomic E-state index is 11.3. The first-order valence-electron chi connectivity index (χ1n) is 7.97. The minimum absolute atomic E-state index is 0.0212. The lowest BCUT2D eigenvalue weighted by Crippen LogP contribution is -2.53. The number of nitrogens with zero attached hydrogens (tertiary/aromatic N) is 2. The highest BCUT2D eigenvalue weighted by atomic mass is 28.4. The van der Waals surface area contributed by atoms with Crippen molar-refractivity contribution in [1.29, 1.82) is 0 Å². The molecule has 4 nitrogen and oxygen atoms in total. The standard InChI is InChI=1S/C16H30N2O2Si/c1-15(2,3)21(5,6)20-16(19)11-8-7-9-13(16)14-10-12-17-18(14)4/h10,12-13,19H,7-9,11H2,1-6H3. The highest BCUT2D eigenvalue weighted by molar-refractivity contribution is 6.74. The van der Waals surface area contributed by atoms with Gasteiger partial charge in [0.1, 0.15) is 0 Å². The lowest BCUT2D eigenvalue weighted by Gasteiger charge is -2.48. The summed E-state index contributed by atoms with van der Waals surface area (Å²) in [7, 11) is -0.0748. The molecule has 1 aromatic heterocycles. The van der Waals surface area contributed by atoms with Crippen molar-refractivity contribution < 1.29 is 9.53 Å². The van der Waals surface area contributed by atoms with Crippen LogP contribution in [-0.2, 0) is 11.5 Å². The number of aliphatic hydroxyl groups is 1. The zero-order chi connectivity index (χ0) is 15.9. The predicted molar refractivity (Wildman–Crippen MR) is 87.6 cm³/mol. The first-order valence-corrected chi connectivity index (χ1v) is 10.9. The molecule has 0 aromatic carbocycles. The van der Waals surface area contributed by atoms with Crippen LogP contribution in [0.5, 0.6) is 0 Å². The van der Waals surface area contributed by atoms with E-state index in [4.69, 9.17) is 4.43 Å². The maximum Gasteiger partial charge on any atom is 0.195 e. The molecule has 0 amide bonds. The van der Waals surface area contributed by atoms with Gasteiger partial charge >= 0.3 is 0 Å². The van der Waals surface area contributed by atoms with Crippen LogP contribution in [-0.4, -0.2) is 29.0 Å². The first-order chi connectivity index (χ1) is 9.57. The molecular weight excluding hydrogens is 280 g/mol. The molecule has 1 heterocycles. The van der Waals surface area contributed by atoms with Crippen molar-refractivity contribution in [1.82, 2.24) is 9.78 Å². The van der Waals surface area contributed by atoms with Crippen molar-refractivity contribution in [3.8, 4) is 0 Å². The Balaban J connectivity index is 2.31. The lowest BCUT2D eigenvalue weighted by atomic mass is 9.81. The molecule has 0 saturated heterocycles. The Hall–Kier alpha value is -0.653. The van der Waals surface area contributed by atoms with Crippen LogP contribution >= 0.6 is 0 Å². The topological polar surface area (TPSA) is 47.3 Å². The molecule has 0 aliphatic heterocycles. The molecule has 2 unspecified atom stereocenters. The summed E-state index contributed by atoms with van der Waals surface area (Å²) in [5.74, 6) is -1.03. The van der Waals surface area contributed by atoms with Gasteiger partial charge in [0.25, 0.3) is 0 Å². The molecule has 120 valence electrons.